The smallest absolute Gasteiger partial charge is 0.282 e. The van der Waals surface area contributed by atoms with E-state index in [0.717, 1.165) is 4.68 Å². The molecule has 1 aromatic heterocycles. The summed E-state index contributed by atoms with van der Waals surface area (Å²) in [7, 11) is -2.41. The number of aromatic nitrogens is 3. The second-order valence-corrected chi connectivity index (χ2v) is 6.77. The Labute approximate surface area is 135 Å². The molecule has 0 unspecified atom stereocenters. The van der Waals surface area contributed by atoms with Gasteiger partial charge in [0.2, 0.25) is 5.03 Å². The number of nitrogens with one attached hydrogen (secondary N) is 1. The van der Waals surface area contributed by atoms with E-state index in [1.54, 1.807) is 19.1 Å². The lowest BCUT2D eigenvalue weighted by molar-refractivity contribution is 0.342. The highest BCUT2D eigenvalue weighted by atomic mass is 79.9. The highest BCUT2D eigenvalue weighted by Crippen LogP contribution is 2.31. The van der Waals surface area contributed by atoms with Crippen molar-refractivity contribution < 1.29 is 13.2 Å². The molecule has 0 fully saturated rings. The lowest BCUT2D eigenvalue weighted by Gasteiger charge is -2.13. The van der Waals surface area contributed by atoms with Gasteiger partial charge in [-0.3, -0.25) is 4.72 Å². The standard InChI is InChI=1S/C11H12BrClN4O3S/c1-3-20-9-5-4-7(13)6-8(9)15-21(18,19)11-10(12)14-16-17(11)2/h4-6,15H,3H2,1-2H3. The number of aryl methyl sites for hydroxylation is 1. The maximum atomic E-state index is 12.4. The number of ether oxygens (including phenoxy) is 1. The lowest BCUT2D eigenvalue weighted by Crippen LogP contribution is -2.17. The van der Waals surface area contributed by atoms with Gasteiger partial charge in [-0.05, 0) is 41.1 Å². The van der Waals surface area contributed by atoms with Gasteiger partial charge in [0.1, 0.15) is 5.75 Å². The molecular formula is C11H12BrClN4O3S. The summed E-state index contributed by atoms with van der Waals surface area (Å²) in [4.78, 5) is 0. The molecule has 114 valence electrons. The van der Waals surface area contributed by atoms with Crippen molar-refractivity contribution in [1.29, 1.82) is 0 Å². The van der Waals surface area contributed by atoms with Gasteiger partial charge in [-0.15, -0.1) is 5.10 Å². The second-order valence-electron chi connectivity index (χ2n) is 3.99. The Bertz CT molecular complexity index is 743. The van der Waals surface area contributed by atoms with Gasteiger partial charge in [-0.1, -0.05) is 16.8 Å². The first-order chi connectivity index (χ1) is 9.85. The zero-order valence-corrected chi connectivity index (χ0v) is 14.3. The number of sulfonamides is 1. The van der Waals surface area contributed by atoms with Crippen LogP contribution in [-0.4, -0.2) is 30.0 Å². The largest absolute Gasteiger partial charge is 0.492 e. The van der Waals surface area contributed by atoms with Crippen LogP contribution >= 0.6 is 27.5 Å². The van der Waals surface area contributed by atoms with Crippen LogP contribution in [0.4, 0.5) is 5.69 Å². The van der Waals surface area contributed by atoms with E-state index in [2.05, 4.69) is 31.0 Å². The Hall–Kier alpha value is -1.32. The Kier molecular flexibility index (Phi) is 4.74. The SMILES string of the molecule is CCOc1ccc(Cl)cc1NS(=O)(=O)c1c(Br)nnn1C. The molecule has 1 heterocycles. The van der Waals surface area contributed by atoms with Crippen LogP contribution in [-0.2, 0) is 17.1 Å². The van der Waals surface area contributed by atoms with Crippen molar-refractivity contribution in [3.05, 3.63) is 27.8 Å². The van der Waals surface area contributed by atoms with Gasteiger partial charge < -0.3 is 4.74 Å². The molecule has 2 rings (SSSR count). The molecule has 0 amide bonds. The maximum Gasteiger partial charge on any atom is 0.282 e. The normalized spacial score (nSPS) is 11.4. The Morgan fingerprint density at radius 1 is 1.48 bits per heavy atom. The minimum absolute atomic E-state index is 0.0927. The first-order valence-corrected chi connectivity index (χ1v) is 8.51. The number of benzene rings is 1. The summed E-state index contributed by atoms with van der Waals surface area (Å²) < 4.78 is 33.9. The summed E-state index contributed by atoms with van der Waals surface area (Å²) in [5, 5.41) is 7.59. The van der Waals surface area contributed by atoms with E-state index < -0.39 is 10.0 Å². The third-order valence-corrected chi connectivity index (χ3v) is 4.96. The minimum Gasteiger partial charge on any atom is -0.492 e. The summed E-state index contributed by atoms with van der Waals surface area (Å²) in [5.41, 5.74) is 0.248. The van der Waals surface area contributed by atoms with E-state index >= 15 is 0 Å². The third-order valence-electron chi connectivity index (χ3n) is 2.48. The van der Waals surface area contributed by atoms with Crippen LogP contribution < -0.4 is 9.46 Å². The zero-order chi connectivity index (χ0) is 15.6. The molecule has 0 saturated heterocycles. The van der Waals surface area contributed by atoms with Crippen molar-refractivity contribution >= 4 is 43.2 Å². The fourth-order valence-electron chi connectivity index (χ4n) is 1.66. The van der Waals surface area contributed by atoms with E-state index in [0.29, 0.717) is 17.4 Å². The van der Waals surface area contributed by atoms with Crippen molar-refractivity contribution in [2.75, 3.05) is 11.3 Å². The van der Waals surface area contributed by atoms with Crippen molar-refractivity contribution in [3.8, 4) is 5.75 Å². The Morgan fingerprint density at radius 2 is 2.19 bits per heavy atom. The quantitative estimate of drug-likeness (QED) is 0.840. The first-order valence-electron chi connectivity index (χ1n) is 5.85. The fraction of sp³-hybridized carbons (Fsp3) is 0.273. The second kappa shape index (κ2) is 6.20. The third kappa shape index (κ3) is 3.47. The average Bonchev–Trinajstić information content (AvgIpc) is 2.73. The monoisotopic (exact) mass is 394 g/mol. The summed E-state index contributed by atoms with van der Waals surface area (Å²) in [5.74, 6) is 0.386. The molecule has 0 spiro atoms. The van der Waals surface area contributed by atoms with Gasteiger partial charge in [-0.25, -0.2) is 4.68 Å². The molecule has 0 atom stereocenters. The van der Waals surface area contributed by atoms with E-state index in [1.165, 1.54) is 13.1 Å². The van der Waals surface area contributed by atoms with Gasteiger partial charge in [0.05, 0.1) is 12.3 Å². The minimum atomic E-state index is -3.89. The molecule has 21 heavy (non-hydrogen) atoms. The first kappa shape index (κ1) is 16.1. The topological polar surface area (TPSA) is 86.1 Å². The van der Waals surface area contributed by atoms with Crippen LogP contribution in [0.2, 0.25) is 5.02 Å². The van der Waals surface area contributed by atoms with Crippen molar-refractivity contribution in [3.63, 3.8) is 0 Å². The van der Waals surface area contributed by atoms with Crippen molar-refractivity contribution in [2.45, 2.75) is 11.9 Å². The van der Waals surface area contributed by atoms with Crippen molar-refractivity contribution in [1.82, 2.24) is 15.0 Å². The Morgan fingerprint density at radius 3 is 2.76 bits per heavy atom. The number of hydrogen-bond acceptors (Lipinski definition) is 5. The molecule has 1 N–H and O–H groups in total. The van der Waals surface area contributed by atoms with Gasteiger partial charge >= 0.3 is 0 Å². The molecular weight excluding hydrogens is 384 g/mol. The predicted molar refractivity (Wildman–Crippen MR) is 82.1 cm³/mol. The molecule has 0 saturated carbocycles. The van der Waals surface area contributed by atoms with Crippen LogP contribution in [0.1, 0.15) is 6.92 Å². The molecule has 0 bridgehead atoms. The molecule has 7 nitrogen and oxygen atoms in total. The molecule has 0 aliphatic rings. The maximum absolute atomic E-state index is 12.4. The highest BCUT2D eigenvalue weighted by Gasteiger charge is 2.25. The molecule has 2 aromatic rings. The number of anilines is 1. The van der Waals surface area contributed by atoms with Crippen LogP contribution in [0.3, 0.4) is 0 Å². The summed E-state index contributed by atoms with van der Waals surface area (Å²) >= 11 is 8.96. The van der Waals surface area contributed by atoms with Crippen LogP contribution in [0.15, 0.2) is 27.8 Å². The van der Waals surface area contributed by atoms with E-state index in [1.807, 2.05) is 0 Å². The molecule has 0 radical (unpaired) electrons. The highest BCUT2D eigenvalue weighted by molar-refractivity contribution is 9.10. The summed E-state index contributed by atoms with van der Waals surface area (Å²) in [6.07, 6.45) is 0. The average molecular weight is 396 g/mol. The Balaban J connectivity index is 2.44. The van der Waals surface area contributed by atoms with Gasteiger partial charge in [0.15, 0.2) is 4.60 Å². The number of hydrogen-bond donors (Lipinski definition) is 1. The van der Waals surface area contributed by atoms with E-state index in [9.17, 15) is 8.42 Å². The summed E-state index contributed by atoms with van der Waals surface area (Å²) in [6.45, 7) is 2.20. The van der Waals surface area contributed by atoms with Crippen LogP contribution in [0.5, 0.6) is 5.75 Å². The fourth-order valence-corrected chi connectivity index (χ4v) is 4.00. The van der Waals surface area contributed by atoms with E-state index in [-0.39, 0.29) is 15.3 Å². The van der Waals surface area contributed by atoms with Crippen LogP contribution in [0.25, 0.3) is 0 Å². The molecule has 1 aromatic carbocycles. The molecule has 10 heteroatoms. The predicted octanol–water partition coefficient (Wildman–Crippen LogP) is 2.43. The number of nitrogens with zero attached hydrogens (tertiary/aromatic N) is 3. The van der Waals surface area contributed by atoms with Gasteiger partial charge in [-0.2, -0.15) is 8.42 Å². The lowest BCUT2D eigenvalue weighted by atomic mass is 10.3. The molecule has 0 aliphatic carbocycles. The van der Waals surface area contributed by atoms with Crippen LogP contribution in [0, 0.1) is 0 Å². The van der Waals surface area contributed by atoms with Gasteiger partial charge in [0.25, 0.3) is 10.0 Å². The summed E-state index contributed by atoms with van der Waals surface area (Å²) in [6, 6.07) is 4.69. The number of rotatable bonds is 5. The molecule has 0 aliphatic heterocycles. The van der Waals surface area contributed by atoms with Crippen molar-refractivity contribution in [2.24, 2.45) is 7.05 Å². The van der Waals surface area contributed by atoms with Gasteiger partial charge in [0, 0.05) is 12.1 Å². The zero-order valence-electron chi connectivity index (χ0n) is 11.2. The number of halogens is 2. The van der Waals surface area contributed by atoms with E-state index in [4.69, 9.17) is 16.3 Å².